The first-order chi connectivity index (χ1) is 7.29. The maximum atomic E-state index is 8.71. The van der Waals surface area contributed by atoms with Crippen LogP contribution in [-0.4, -0.2) is 13.1 Å². The number of anilines is 1. The number of hydrogen-bond acceptors (Lipinski definition) is 2. The lowest BCUT2D eigenvalue weighted by Crippen LogP contribution is -2.32. The molecule has 1 aliphatic rings. The number of nitriles is 1. The van der Waals surface area contributed by atoms with Gasteiger partial charge in [0.1, 0.15) is 0 Å². The molecule has 2 rings (SSSR count). The Morgan fingerprint density at radius 3 is 2.33 bits per heavy atom. The summed E-state index contributed by atoms with van der Waals surface area (Å²) in [5, 5.41) is 8.71. The average molecular weight is 200 g/mol. The third kappa shape index (κ3) is 2.30. The zero-order valence-electron chi connectivity index (χ0n) is 9.11. The van der Waals surface area contributed by atoms with Crippen molar-refractivity contribution in [3.05, 3.63) is 29.8 Å². The van der Waals surface area contributed by atoms with Gasteiger partial charge in [0.15, 0.2) is 0 Å². The summed E-state index contributed by atoms with van der Waals surface area (Å²) in [7, 11) is 0. The SMILES string of the molecule is CC1CCN(c2ccc(C#N)cc2)CC1. The minimum atomic E-state index is 0.740. The van der Waals surface area contributed by atoms with Gasteiger partial charge in [-0.3, -0.25) is 0 Å². The van der Waals surface area contributed by atoms with E-state index < -0.39 is 0 Å². The topological polar surface area (TPSA) is 27.0 Å². The zero-order valence-corrected chi connectivity index (χ0v) is 9.11. The number of nitrogens with zero attached hydrogens (tertiary/aromatic N) is 2. The molecule has 1 aromatic carbocycles. The molecule has 1 aliphatic heterocycles. The maximum Gasteiger partial charge on any atom is 0.0991 e. The average Bonchev–Trinajstić information content (AvgIpc) is 2.30. The Hall–Kier alpha value is -1.49. The van der Waals surface area contributed by atoms with Crippen LogP contribution in [0.5, 0.6) is 0 Å². The first-order valence-corrected chi connectivity index (χ1v) is 5.54. The van der Waals surface area contributed by atoms with Crippen LogP contribution in [0.2, 0.25) is 0 Å². The highest BCUT2D eigenvalue weighted by Crippen LogP contribution is 2.22. The van der Waals surface area contributed by atoms with Crippen LogP contribution >= 0.6 is 0 Å². The monoisotopic (exact) mass is 200 g/mol. The lowest BCUT2D eigenvalue weighted by Gasteiger charge is -2.32. The molecule has 1 saturated heterocycles. The van der Waals surface area contributed by atoms with Gasteiger partial charge in [0.2, 0.25) is 0 Å². The van der Waals surface area contributed by atoms with Crippen molar-refractivity contribution < 1.29 is 0 Å². The Balaban J connectivity index is 2.07. The molecular formula is C13H16N2. The van der Waals surface area contributed by atoms with E-state index in [-0.39, 0.29) is 0 Å². The summed E-state index contributed by atoms with van der Waals surface area (Å²) >= 11 is 0. The van der Waals surface area contributed by atoms with Gasteiger partial charge in [-0.2, -0.15) is 5.26 Å². The minimum absolute atomic E-state index is 0.740. The lowest BCUT2D eigenvalue weighted by molar-refractivity contribution is 0.438. The fourth-order valence-corrected chi connectivity index (χ4v) is 2.01. The number of hydrogen-bond donors (Lipinski definition) is 0. The van der Waals surface area contributed by atoms with Crippen LogP contribution in [-0.2, 0) is 0 Å². The molecule has 2 nitrogen and oxygen atoms in total. The van der Waals surface area contributed by atoms with Crippen molar-refractivity contribution in [3.8, 4) is 6.07 Å². The molecule has 15 heavy (non-hydrogen) atoms. The van der Waals surface area contributed by atoms with E-state index in [1.807, 2.05) is 12.1 Å². The Kier molecular flexibility index (Phi) is 2.91. The van der Waals surface area contributed by atoms with Gasteiger partial charge in [-0.05, 0) is 43.0 Å². The fraction of sp³-hybridized carbons (Fsp3) is 0.462. The van der Waals surface area contributed by atoms with Crippen LogP contribution in [0.3, 0.4) is 0 Å². The van der Waals surface area contributed by atoms with Gasteiger partial charge in [-0.25, -0.2) is 0 Å². The van der Waals surface area contributed by atoms with Crippen LogP contribution in [0.25, 0.3) is 0 Å². The molecule has 0 unspecified atom stereocenters. The van der Waals surface area contributed by atoms with Gasteiger partial charge in [0, 0.05) is 18.8 Å². The summed E-state index contributed by atoms with van der Waals surface area (Å²) in [5.74, 6) is 0.861. The number of piperidine rings is 1. The Bertz CT molecular complexity index is 353. The standard InChI is InChI=1S/C13H16N2/c1-11-6-8-15(9-7-11)13-4-2-12(10-14)3-5-13/h2-5,11H,6-9H2,1H3. The summed E-state index contributed by atoms with van der Waals surface area (Å²) in [4.78, 5) is 2.40. The minimum Gasteiger partial charge on any atom is -0.372 e. The summed E-state index contributed by atoms with van der Waals surface area (Å²) in [6.45, 7) is 4.61. The largest absolute Gasteiger partial charge is 0.372 e. The first-order valence-electron chi connectivity index (χ1n) is 5.54. The third-order valence-corrected chi connectivity index (χ3v) is 3.15. The predicted molar refractivity (Wildman–Crippen MR) is 61.8 cm³/mol. The van der Waals surface area contributed by atoms with Crippen LogP contribution in [0.15, 0.2) is 24.3 Å². The molecule has 0 saturated carbocycles. The van der Waals surface area contributed by atoms with Gasteiger partial charge in [0.25, 0.3) is 0 Å². The molecule has 1 aromatic rings. The molecular weight excluding hydrogens is 184 g/mol. The fourth-order valence-electron chi connectivity index (χ4n) is 2.01. The molecule has 0 spiro atoms. The smallest absolute Gasteiger partial charge is 0.0991 e. The second-order valence-corrected chi connectivity index (χ2v) is 4.33. The van der Waals surface area contributed by atoms with Crippen LogP contribution in [0, 0.1) is 17.2 Å². The van der Waals surface area contributed by atoms with E-state index in [4.69, 9.17) is 5.26 Å². The van der Waals surface area contributed by atoms with E-state index >= 15 is 0 Å². The molecule has 1 heterocycles. The molecule has 1 fully saturated rings. The van der Waals surface area contributed by atoms with Crippen molar-refractivity contribution in [2.75, 3.05) is 18.0 Å². The molecule has 0 aliphatic carbocycles. The zero-order chi connectivity index (χ0) is 10.7. The van der Waals surface area contributed by atoms with Crippen molar-refractivity contribution >= 4 is 5.69 Å². The quantitative estimate of drug-likeness (QED) is 0.697. The molecule has 0 amide bonds. The number of benzene rings is 1. The molecule has 2 heteroatoms. The Morgan fingerprint density at radius 2 is 1.80 bits per heavy atom. The van der Waals surface area contributed by atoms with E-state index in [0.717, 1.165) is 24.6 Å². The highest BCUT2D eigenvalue weighted by Gasteiger charge is 2.15. The summed E-state index contributed by atoms with van der Waals surface area (Å²) < 4.78 is 0. The predicted octanol–water partition coefficient (Wildman–Crippen LogP) is 2.79. The van der Waals surface area contributed by atoms with Crippen LogP contribution < -0.4 is 4.90 Å². The highest BCUT2D eigenvalue weighted by atomic mass is 15.1. The lowest BCUT2D eigenvalue weighted by atomic mass is 9.99. The van der Waals surface area contributed by atoms with Gasteiger partial charge >= 0.3 is 0 Å². The molecule has 0 bridgehead atoms. The summed E-state index contributed by atoms with van der Waals surface area (Å²) in [6.07, 6.45) is 2.56. The number of rotatable bonds is 1. The van der Waals surface area contributed by atoms with E-state index in [1.165, 1.54) is 18.5 Å². The van der Waals surface area contributed by atoms with E-state index in [2.05, 4.69) is 30.0 Å². The van der Waals surface area contributed by atoms with Gasteiger partial charge < -0.3 is 4.90 Å². The van der Waals surface area contributed by atoms with Gasteiger partial charge in [-0.1, -0.05) is 6.92 Å². The normalized spacial score (nSPS) is 17.5. The summed E-state index contributed by atoms with van der Waals surface area (Å²) in [5.41, 5.74) is 1.99. The van der Waals surface area contributed by atoms with E-state index in [1.54, 1.807) is 0 Å². The first kappa shape index (κ1) is 10.0. The molecule has 0 N–H and O–H groups in total. The second kappa shape index (κ2) is 4.35. The highest BCUT2D eigenvalue weighted by molar-refractivity contribution is 5.49. The van der Waals surface area contributed by atoms with Crippen LogP contribution in [0.1, 0.15) is 25.3 Å². The molecule has 0 radical (unpaired) electrons. The summed E-state index contributed by atoms with van der Waals surface area (Å²) in [6, 6.07) is 10.0. The van der Waals surface area contributed by atoms with E-state index in [9.17, 15) is 0 Å². The van der Waals surface area contributed by atoms with Crippen molar-refractivity contribution in [1.82, 2.24) is 0 Å². The van der Waals surface area contributed by atoms with Crippen molar-refractivity contribution in [2.24, 2.45) is 5.92 Å². The Morgan fingerprint density at radius 1 is 1.20 bits per heavy atom. The van der Waals surface area contributed by atoms with Gasteiger partial charge in [0.05, 0.1) is 11.6 Å². The van der Waals surface area contributed by atoms with Crippen LogP contribution in [0.4, 0.5) is 5.69 Å². The molecule has 0 aromatic heterocycles. The third-order valence-electron chi connectivity index (χ3n) is 3.15. The van der Waals surface area contributed by atoms with Gasteiger partial charge in [-0.15, -0.1) is 0 Å². The van der Waals surface area contributed by atoms with Crippen molar-refractivity contribution in [2.45, 2.75) is 19.8 Å². The second-order valence-electron chi connectivity index (χ2n) is 4.33. The molecule has 78 valence electrons. The van der Waals surface area contributed by atoms with E-state index in [0.29, 0.717) is 0 Å². The maximum absolute atomic E-state index is 8.71. The molecule has 0 atom stereocenters. The van der Waals surface area contributed by atoms with Crippen molar-refractivity contribution in [1.29, 1.82) is 5.26 Å². The Labute approximate surface area is 91.1 Å². The van der Waals surface area contributed by atoms with Crippen molar-refractivity contribution in [3.63, 3.8) is 0 Å².